The summed E-state index contributed by atoms with van der Waals surface area (Å²) in [5.41, 5.74) is 3.88. The van der Waals surface area contributed by atoms with Gasteiger partial charge in [-0.3, -0.25) is 9.59 Å². The zero-order valence-corrected chi connectivity index (χ0v) is 13.6. The summed E-state index contributed by atoms with van der Waals surface area (Å²) in [6.45, 7) is 2.09. The van der Waals surface area contributed by atoms with Crippen LogP contribution >= 0.6 is 11.3 Å². The van der Waals surface area contributed by atoms with Gasteiger partial charge >= 0.3 is 0 Å². The van der Waals surface area contributed by atoms with Crippen LogP contribution in [0.15, 0.2) is 23.6 Å². The number of hydrogen-bond donors (Lipinski definition) is 2. The summed E-state index contributed by atoms with van der Waals surface area (Å²) in [6, 6.07) is 5.94. The summed E-state index contributed by atoms with van der Waals surface area (Å²) in [5.74, 6) is 0.782. The number of nitrogens with one attached hydrogen (secondary N) is 2. The zero-order valence-electron chi connectivity index (χ0n) is 12.8. The van der Waals surface area contributed by atoms with Gasteiger partial charge in [-0.05, 0) is 36.5 Å². The quantitative estimate of drug-likeness (QED) is 0.909. The lowest BCUT2D eigenvalue weighted by atomic mass is 9.99. The van der Waals surface area contributed by atoms with Gasteiger partial charge in [-0.2, -0.15) is 0 Å². The van der Waals surface area contributed by atoms with Gasteiger partial charge in [0, 0.05) is 29.0 Å². The summed E-state index contributed by atoms with van der Waals surface area (Å²) in [5, 5.41) is 8.39. The molecule has 2 aromatic rings. The van der Waals surface area contributed by atoms with Crippen LogP contribution in [0, 0.1) is 11.8 Å². The van der Waals surface area contributed by atoms with Crippen molar-refractivity contribution in [3.05, 3.63) is 29.1 Å². The number of hydrogen-bond acceptors (Lipinski definition) is 4. The van der Waals surface area contributed by atoms with Crippen molar-refractivity contribution in [2.75, 3.05) is 10.6 Å². The van der Waals surface area contributed by atoms with Crippen molar-refractivity contribution in [3.8, 4) is 11.3 Å². The lowest BCUT2D eigenvalue weighted by molar-refractivity contribution is -0.118. The Morgan fingerprint density at radius 2 is 2.22 bits per heavy atom. The Morgan fingerprint density at radius 3 is 3.00 bits per heavy atom. The predicted octanol–water partition coefficient (Wildman–Crippen LogP) is 3.29. The molecule has 4 rings (SSSR count). The van der Waals surface area contributed by atoms with Crippen molar-refractivity contribution in [1.29, 1.82) is 0 Å². The van der Waals surface area contributed by atoms with Gasteiger partial charge in [-0.25, -0.2) is 4.98 Å². The van der Waals surface area contributed by atoms with Crippen LogP contribution in [0.5, 0.6) is 0 Å². The average molecular weight is 327 g/mol. The second-order valence-corrected chi connectivity index (χ2v) is 7.12. The summed E-state index contributed by atoms with van der Waals surface area (Å²) in [4.78, 5) is 27.9. The molecule has 2 unspecified atom stereocenters. The Kier molecular flexibility index (Phi) is 3.41. The van der Waals surface area contributed by atoms with E-state index in [2.05, 4.69) is 28.6 Å². The fourth-order valence-electron chi connectivity index (χ4n) is 2.89. The molecule has 118 valence electrons. The van der Waals surface area contributed by atoms with Crippen LogP contribution in [0.2, 0.25) is 0 Å². The number of carbonyl (C=O) groups is 2. The summed E-state index contributed by atoms with van der Waals surface area (Å²) >= 11 is 1.44. The van der Waals surface area contributed by atoms with E-state index in [1.165, 1.54) is 11.3 Å². The molecule has 23 heavy (non-hydrogen) atoms. The van der Waals surface area contributed by atoms with Crippen molar-refractivity contribution >= 4 is 34.0 Å². The minimum atomic E-state index is 0.0678. The van der Waals surface area contributed by atoms with Gasteiger partial charge in [0.15, 0.2) is 5.13 Å². The SMILES string of the molecule is CC1CC1C(=O)Nc1nc(-c2ccc3c(c2)CCC(=O)N3)cs1. The monoisotopic (exact) mass is 327 g/mol. The van der Waals surface area contributed by atoms with Crippen molar-refractivity contribution in [3.63, 3.8) is 0 Å². The Morgan fingerprint density at radius 1 is 1.39 bits per heavy atom. The number of aryl methyl sites for hydroxylation is 1. The van der Waals surface area contributed by atoms with Crippen LogP contribution in [-0.2, 0) is 16.0 Å². The fourth-order valence-corrected chi connectivity index (χ4v) is 3.61. The molecule has 1 fully saturated rings. The first-order valence-corrected chi connectivity index (χ1v) is 8.67. The Labute approximate surface area is 138 Å². The normalized spacial score (nSPS) is 22.2. The minimum Gasteiger partial charge on any atom is -0.326 e. The number of fused-ring (bicyclic) bond motifs is 1. The molecule has 2 N–H and O–H groups in total. The average Bonchev–Trinajstić information content (AvgIpc) is 3.09. The van der Waals surface area contributed by atoms with E-state index in [9.17, 15) is 9.59 Å². The maximum atomic E-state index is 12.0. The van der Waals surface area contributed by atoms with Gasteiger partial charge in [0.1, 0.15) is 0 Å². The van der Waals surface area contributed by atoms with Crippen molar-refractivity contribution in [1.82, 2.24) is 4.98 Å². The number of anilines is 2. The molecular weight excluding hydrogens is 310 g/mol. The molecule has 2 heterocycles. The smallest absolute Gasteiger partial charge is 0.229 e. The van der Waals surface area contributed by atoms with Crippen LogP contribution in [0.1, 0.15) is 25.3 Å². The third kappa shape index (κ3) is 2.86. The first-order chi connectivity index (χ1) is 11.1. The first-order valence-electron chi connectivity index (χ1n) is 7.79. The van der Waals surface area contributed by atoms with E-state index in [-0.39, 0.29) is 17.7 Å². The van der Waals surface area contributed by atoms with Crippen LogP contribution in [0.3, 0.4) is 0 Å². The highest BCUT2D eigenvalue weighted by Gasteiger charge is 2.39. The van der Waals surface area contributed by atoms with Gasteiger partial charge in [-0.15, -0.1) is 11.3 Å². The van der Waals surface area contributed by atoms with Crippen molar-refractivity contribution < 1.29 is 9.59 Å². The number of rotatable bonds is 3. The van der Waals surface area contributed by atoms with Crippen molar-refractivity contribution in [2.24, 2.45) is 11.8 Å². The van der Waals surface area contributed by atoms with E-state index in [1.807, 2.05) is 17.5 Å². The largest absolute Gasteiger partial charge is 0.326 e. The highest BCUT2D eigenvalue weighted by molar-refractivity contribution is 7.14. The molecule has 1 aromatic carbocycles. The van der Waals surface area contributed by atoms with E-state index in [1.54, 1.807) is 0 Å². The molecule has 0 bridgehead atoms. The number of aromatic nitrogens is 1. The molecular formula is C17H17N3O2S. The Bertz CT molecular complexity index is 799. The van der Waals surface area contributed by atoms with Crippen LogP contribution in [0.4, 0.5) is 10.8 Å². The lowest BCUT2D eigenvalue weighted by Gasteiger charge is -2.17. The highest BCUT2D eigenvalue weighted by atomic mass is 32.1. The van der Waals surface area contributed by atoms with E-state index in [4.69, 9.17) is 0 Å². The predicted molar refractivity (Wildman–Crippen MR) is 90.4 cm³/mol. The second-order valence-electron chi connectivity index (χ2n) is 6.27. The van der Waals surface area contributed by atoms with Gasteiger partial charge in [0.25, 0.3) is 0 Å². The molecule has 1 aliphatic heterocycles. The number of carbonyl (C=O) groups excluding carboxylic acids is 2. The van der Waals surface area contributed by atoms with Gasteiger partial charge < -0.3 is 10.6 Å². The fraction of sp³-hybridized carbons (Fsp3) is 0.353. The van der Waals surface area contributed by atoms with Crippen LogP contribution < -0.4 is 10.6 Å². The molecule has 2 amide bonds. The second kappa shape index (κ2) is 5.45. The molecule has 6 heteroatoms. The third-order valence-corrected chi connectivity index (χ3v) is 5.23. The zero-order chi connectivity index (χ0) is 16.0. The van der Waals surface area contributed by atoms with Gasteiger partial charge in [0.2, 0.25) is 11.8 Å². The van der Waals surface area contributed by atoms with E-state index in [0.717, 1.165) is 35.3 Å². The molecule has 2 atom stereocenters. The van der Waals surface area contributed by atoms with Crippen molar-refractivity contribution in [2.45, 2.75) is 26.2 Å². The summed E-state index contributed by atoms with van der Waals surface area (Å²) in [7, 11) is 0. The van der Waals surface area contributed by atoms with E-state index >= 15 is 0 Å². The maximum absolute atomic E-state index is 12.0. The van der Waals surface area contributed by atoms with E-state index in [0.29, 0.717) is 17.5 Å². The van der Waals surface area contributed by atoms with E-state index < -0.39 is 0 Å². The number of benzene rings is 1. The topological polar surface area (TPSA) is 71.1 Å². The van der Waals surface area contributed by atoms with Crippen LogP contribution in [0.25, 0.3) is 11.3 Å². The summed E-state index contributed by atoms with van der Waals surface area (Å²) in [6.07, 6.45) is 2.25. The Balaban J connectivity index is 1.52. The molecule has 1 aromatic heterocycles. The molecule has 1 saturated carbocycles. The Hall–Kier alpha value is -2.21. The van der Waals surface area contributed by atoms with Crippen LogP contribution in [-0.4, -0.2) is 16.8 Å². The third-order valence-electron chi connectivity index (χ3n) is 4.48. The maximum Gasteiger partial charge on any atom is 0.229 e. The summed E-state index contributed by atoms with van der Waals surface area (Å²) < 4.78 is 0. The molecule has 5 nitrogen and oxygen atoms in total. The standard InChI is InChI=1S/C17H17N3O2S/c1-9-6-12(9)16(22)20-17-19-14(8-23-17)11-2-4-13-10(7-11)3-5-15(21)18-13/h2,4,7-9,12H,3,5-6H2,1H3,(H,18,21)(H,19,20,22). The lowest BCUT2D eigenvalue weighted by Crippen LogP contribution is -2.18. The minimum absolute atomic E-state index is 0.0678. The highest BCUT2D eigenvalue weighted by Crippen LogP contribution is 2.39. The molecule has 1 aliphatic carbocycles. The molecule has 2 aliphatic rings. The van der Waals surface area contributed by atoms with Gasteiger partial charge in [0.05, 0.1) is 5.69 Å². The molecule has 0 spiro atoms. The molecule has 0 saturated heterocycles. The van der Waals surface area contributed by atoms with Gasteiger partial charge in [-0.1, -0.05) is 13.0 Å². The number of thiazole rings is 1. The first kappa shape index (κ1) is 14.4. The number of amides is 2. The number of nitrogens with zero attached hydrogens (tertiary/aromatic N) is 1. The molecule has 0 radical (unpaired) electrons.